The molecule has 0 aliphatic rings. The summed E-state index contributed by atoms with van der Waals surface area (Å²) in [5.41, 5.74) is 0.599. The summed E-state index contributed by atoms with van der Waals surface area (Å²) in [5, 5.41) is 3.60. The van der Waals surface area contributed by atoms with Gasteiger partial charge in [0.2, 0.25) is 0 Å². The van der Waals surface area contributed by atoms with Crippen LogP contribution in [0.1, 0.15) is 0 Å². The van der Waals surface area contributed by atoms with Gasteiger partial charge in [-0.3, -0.25) is 4.79 Å². The summed E-state index contributed by atoms with van der Waals surface area (Å²) >= 11 is 11.9. The molecule has 0 atom stereocenters. The van der Waals surface area contributed by atoms with Crippen LogP contribution >= 0.6 is 23.2 Å². The van der Waals surface area contributed by atoms with Crippen molar-refractivity contribution >= 4 is 34.8 Å². The molecular formula is C22H19Cl2NO4. The maximum Gasteiger partial charge on any atom is 0.262 e. The molecule has 0 aliphatic carbocycles. The molecule has 0 heterocycles. The van der Waals surface area contributed by atoms with Gasteiger partial charge in [-0.05, 0) is 42.5 Å². The van der Waals surface area contributed by atoms with Crippen LogP contribution in [0.25, 0.3) is 0 Å². The number of rotatable bonds is 9. The molecule has 1 N–H and O–H groups in total. The Balaban J connectivity index is 1.44. The van der Waals surface area contributed by atoms with Gasteiger partial charge in [-0.15, -0.1) is 0 Å². The molecule has 0 aromatic heterocycles. The SMILES string of the molecule is O=C(COc1ccc(Cl)cc1Cl)Nc1cccc(OCCOc2ccccc2)c1. The fourth-order valence-electron chi connectivity index (χ4n) is 2.43. The molecule has 0 aliphatic heterocycles. The smallest absolute Gasteiger partial charge is 0.262 e. The van der Waals surface area contributed by atoms with Crippen LogP contribution in [-0.4, -0.2) is 25.7 Å². The summed E-state index contributed by atoms with van der Waals surface area (Å²) in [6.07, 6.45) is 0. The number of carbonyl (C=O) groups excluding carboxylic acids is 1. The van der Waals surface area contributed by atoms with Crippen molar-refractivity contribution in [1.29, 1.82) is 0 Å². The monoisotopic (exact) mass is 431 g/mol. The Labute approximate surface area is 179 Å². The predicted octanol–water partition coefficient (Wildman–Crippen LogP) is 5.47. The first-order valence-corrected chi connectivity index (χ1v) is 9.64. The number of amides is 1. The van der Waals surface area contributed by atoms with Crippen LogP contribution in [0.5, 0.6) is 17.2 Å². The topological polar surface area (TPSA) is 56.8 Å². The average Bonchev–Trinajstić information content (AvgIpc) is 2.72. The van der Waals surface area contributed by atoms with Gasteiger partial charge in [-0.2, -0.15) is 0 Å². The van der Waals surface area contributed by atoms with E-state index in [1.165, 1.54) is 0 Å². The van der Waals surface area contributed by atoms with Gasteiger partial charge in [0.25, 0.3) is 5.91 Å². The fraction of sp³-hybridized carbons (Fsp3) is 0.136. The van der Waals surface area contributed by atoms with Gasteiger partial charge in [0.15, 0.2) is 6.61 Å². The molecule has 0 bridgehead atoms. The number of anilines is 1. The van der Waals surface area contributed by atoms with Crippen molar-refractivity contribution in [3.8, 4) is 17.2 Å². The number of hydrogen-bond donors (Lipinski definition) is 1. The molecule has 3 aromatic rings. The number of nitrogens with one attached hydrogen (secondary N) is 1. The molecule has 0 saturated heterocycles. The van der Waals surface area contributed by atoms with E-state index in [0.29, 0.717) is 40.4 Å². The summed E-state index contributed by atoms with van der Waals surface area (Å²) in [6.45, 7) is 0.609. The van der Waals surface area contributed by atoms with Crippen molar-refractivity contribution in [2.75, 3.05) is 25.1 Å². The summed E-state index contributed by atoms with van der Waals surface area (Å²) in [5.74, 6) is 1.49. The normalized spacial score (nSPS) is 10.3. The van der Waals surface area contributed by atoms with Gasteiger partial charge < -0.3 is 19.5 Å². The molecule has 3 rings (SSSR count). The van der Waals surface area contributed by atoms with Crippen molar-refractivity contribution in [3.63, 3.8) is 0 Å². The first-order valence-electron chi connectivity index (χ1n) is 8.88. The van der Waals surface area contributed by atoms with Gasteiger partial charge in [0.05, 0.1) is 5.02 Å². The van der Waals surface area contributed by atoms with Gasteiger partial charge >= 0.3 is 0 Å². The highest BCUT2D eigenvalue weighted by atomic mass is 35.5. The lowest BCUT2D eigenvalue weighted by molar-refractivity contribution is -0.118. The van der Waals surface area contributed by atoms with E-state index >= 15 is 0 Å². The fourth-order valence-corrected chi connectivity index (χ4v) is 2.90. The van der Waals surface area contributed by atoms with Crippen molar-refractivity contribution in [1.82, 2.24) is 0 Å². The number of hydrogen-bond acceptors (Lipinski definition) is 4. The number of benzene rings is 3. The molecule has 3 aromatic carbocycles. The van der Waals surface area contributed by atoms with Crippen LogP contribution < -0.4 is 19.5 Å². The molecule has 0 spiro atoms. The third kappa shape index (κ3) is 6.89. The minimum absolute atomic E-state index is 0.183. The van der Waals surface area contributed by atoms with Crippen LogP contribution in [0.3, 0.4) is 0 Å². The second kappa shape index (κ2) is 10.6. The van der Waals surface area contributed by atoms with E-state index in [2.05, 4.69) is 5.32 Å². The maximum atomic E-state index is 12.1. The van der Waals surface area contributed by atoms with Gasteiger partial charge in [-0.25, -0.2) is 0 Å². The largest absolute Gasteiger partial charge is 0.490 e. The first kappa shape index (κ1) is 20.8. The molecule has 0 radical (unpaired) electrons. The Morgan fingerprint density at radius 1 is 0.793 bits per heavy atom. The molecular weight excluding hydrogens is 413 g/mol. The molecule has 0 fully saturated rings. The van der Waals surface area contributed by atoms with Crippen molar-refractivity contribution < 1.29 is 19.0 Å². The average molecular weight is 432 g/mol. The third-order valence-electron chi connectivity index (χ3n) is 3.73. The molecule has 29 heavy (non-hydrogen) atoms. The van der Waals surface area contributed by atoms with Crippen molar-refractivity contribution in [2.24, 2.45) is 0 Å². The van der Waals surface area contributed by atoms with Crippen LogP contribution in [0.15, 0.2) is 72.8 Å². The van der Waals surface area contributed by atoms with Crippen LogP contribution in [0, 0.1) is 0 Å². The van der Waals surface area contributed by atoms with E-state index in [-0.39, 0.29) is 12.5 Å². The Kier molecular flexibility index (Phi) is 7.61. The minimum Gasteiger partial charge on any atom is -0.490 e. The molecule has 1 amide bonds. The summed E-state index contributed by atoms with van der Waals surface area (Å²) < 4.78 is 16.7. The van der Waals surface area contributed by atoms with E-state index in [9.17, 15) is 4.79 Å². The molecule has 150 valence electrons. The quantitative estimate of drug-likeness (QED) is 0.456. The van der Waals surface area contributed by atoms with Crippen LogP contribution in [-0.2, 0) is 4.79 Å². The summed E-state index contributed by atoms with van der Waals surface area (Å²) in [4.78, 5) is 12.1. The van der Waals surface area contributed by atoms with E-state index in [0.717, 1.165) is 5.75 Å². The minimum atomic E-state index is -0.319. The zero-order valence-corrected chi connectivity index (χ0v) is 17.0. The molecule has 0 saturated carbocycles. The highest BCUT2D eigenvalue weighted by Gasteiger charge is 2.08. The van der Waals surface area contributed by atoms with E-state index in [4.69, 9.17) is 37.4 Å². The van der Waals surface area contributed by atoms with Gasteiger partial charge in [0.1, 0.15) is 30.5 Å². The van der Waals surface area contributed by atoms with Gasteiger partial charge in [0, 0.05) is 16.8 Å². The summed E-state index contributed by atoms with van der Waals surface area (Å²) in [6, 6.07) is 21.4. The highest BCUT2D eigenvalue weighted by Crippen LogP contribution is 2.27. The lowest BCUT2D eigenvalue weighted by atomic mass is 10.3. The standard InChI is InChI=1S/C22H19Cl2NO4/c23-16-9-10-21(20(24)13-16)29-15-22(26)25-17-5-4-8-19(14-17)28-12-11-27-18-6-2-1-3-7-18/h1-10,13-14H,11-12,15H2,(H,25,26). The highest BCUT2D eigenvalue weighted by molar-refractivity contribution is 6.35. The maximum absolute atomic E-state index is 12.1. The summed E-state index contributed by atoms with van der Waals surface area (Å²) in [7, 11) is 0. The van der Waals surface area contributed by atoms with Crippen LogP contribution in [0.4, 0.5) is 5.69 Å². The number of halogens is 2. The lowest BCUT2D eigenvalue weighted by Crippen LogP contribution is -2.20. The number of ether oxygens (including phenoxy) is 3. The predicted molar refractivity (Wildman–Crippen MR) is 114 cm³/mol. The van der Waals surface area contributed by atoms with Crippen molar-refractivity contribution in [3.05, 3.63) is 82.8 Å². The van der Waals surface area contributed by atoms with E-state index in [1.807, 2.05) is 36.4 Å². The zero-order valence-electron chi connectivity index (χ0n) is 15.4. The second-order valence-corrected chi connectivity index (χ2v) is 6.79. The van der Waals surface area contributed by atoms with E-state index in [1.54, 1.807) is 36.4 Å². The Morgan fingerprint density at radius 3 is 2.28 bits per heavy atom. The second-order valence-electron chi connectivity index (χ2n) is 5.95. The third-order valence-corrected chi connectivity index (χ3v) is 4.26. The van der Waals surface area contributed by atoms with Crippen LogP contribution in [0.2, 0.25) is 10.0 Å². The Hall–Kier alpha value is -2.89. The Morgan fingerprint density at radius 2 is 1.52 bits per heavy atom. The molecule has 0 unspecified atom stereocenters. The molecule has 5 nitrogen and oxygen atoms in total. The zero-order chi connectivity index (χ0) is 20.5. The van der Waals surface area contributed by atoms with Crippen molar-refractivity contribution in [2.45, 2.75) is 0 Å². The van der Waals surface area contributed by atoms with Gasteiger partial charge in [-0.1, -0.05) is 47.5 Å². The van der Waals surface area contributed by atoms with E-state index < -0.39 is 0 Å². The first-order chi connectivity index (χ1) is 14.1. The molecule has 7 heteroatoms. The lowest BCUT2D eigenvalue weighted by Gasteiger charge is -2.11. The number of carbonyl (C=O) groups is 1. The Bertz CT molecular complexity index is 951. The number of para-hydroxylation sites is 1.